The first-order valence-electron chi connectivity index (χ1n) is 8.91. The quantitative estimate of drug-likeness (QED) is 0.721. The summed E-state index contributed by atoms with van der Waals surface area (Å²) in [5.41, 5.74) is 1.17. The van der Waals surface area contributed by atoms with E-state index in [2.05, 4.69) is 4.98 Å². The molecule has 1 saturated heterocycles. The Morgan fingerprint density at radius 1 is 1.33 bits per heavy atom. The average Bonchev–Trinajstić information content (AvgIpc) is 3.15. The molecule has 1 aliphatic rings. The summed E-state index contributed by atoms with van der Waals surface area (Å²) in [6.07, 6.45) is 4.13. The second-order valence-corrected chi connectivity index (χ2v) is 6.38. The van der Waals surface area contributed by atoms with Gasteiger partial charge >= 0.3 is 0 Å². The van der Waals surface area contributed by atoms with Gasteiger partial charge in [0.2, 0.25) is 0 Å². The van der Waals surface area contributed by atoms with Crippen LogP contribution in [-0.2, 0) is 6.42 Å². The maximum Gasteiger partial charge on any atom is 0.256 e. The predicted molar refractivity (Wildman–Crippen MR) is 98.1 cm³/mol. The van der Waals surface area contributed by atoms with Crippen molar-refractivity contribution in [2.45, 2.75) is 25.3 Å². The molecule has 7 heteroatoms. The molecule has 2 heterocycles. The summed E-state index contributed by atoms with van der Waals surface area (Å²) in [5.74, 6) is 0.0293. The number of ether oxygens (including phenoxy) is 1. The third kappa shape index (κ3) is 4.09. The van der Waals surface area contributed by atoms with Crippen molar-refractivity contribution in [1.82, 2.24) is 9.88 Å². The summed E-state index contributed by atoms with van der Waals surface area (Å²) in [7, 11) is 0. The Bertz CT molecular complexity index is 824. The summed E-state index contributed by atoms with van der Waals surface area (Å²) in [4.78, 5) is 30.1. The normalized spacial score (nSPS) is 16.3. The summed E-state index contributed by atoms with van der Waals surface area (Å²) in [6.45, 7) is 0.766. The molecule has 1 aromatic carbocycles. The molecule has 2 aromatic rings. The molecule has 0 aliphatic carbocycles. The van der Waals surface area contributed by atoms with Crippen LogP contribution in [0.1, 0.15) is 39.3 Å². The van der Waals surface area contributed by atoms with Gasteiger partial charge < -0.3 is 19.8 Å². The van der Waals surface area contributed by atoms with E-state index in [0.29, 0.717) is 36.3 Å². The van der Waals surface area contributed by atoms with Gasteiger partial charge in [0.15, 0.2) is 6.29 Å². The van der Waals surface area contributed by atoms with Gasteiger partial charge in [-0.25, -0.2) is 0 Å². The monoisotopic (exact) mass is 370 g/mol. The van der Waals surface area contributed by atoms with Gasteiger partial charge in [0.1, 0.15) is 18.1 Å². The third-order valence-corrected chi connectivity index (χ3v) is 4.70. The van der Waals surface area contributed by atoms with E-state index in [4.69, 9.17) is 4.74 Å². The highest BCUT2D eigenvalue weighted by Gasteiger charge is 2.31. The Hall–Kier alpha value is -2.93. The molecular weight excluding hydrogens is 348 g/mol. The van der Waals surface area contributed by atoms with Gasteiger partial charge in [-0.15, -0.1) is 0 Å². The number of phenols is 1. The number of pyridine rings is 1. The maximum absolute atomic E-state index is 13.0. The van der Waals surface area contributed by atoms with Gasteiger partial charge in [-0.05, 0) is 37.1 Å². The molecule has 1 fully saturated rings. The Kier molecular flexibility index (Phi) is 6.03. The lowest BCUT2D eigenvalue weighted by Crippen LogP contribution is -2.39. The standard InChI is InChI=1S/C20H22N2O5/c23-11-8-17-15(5-2-9-21-17)20(26)22-10-3-4-14(22)13-27-19-7-1-6-18(25)16(19)12-24/h1-2,5-7,9,12,14,23,25H,3-4,8,10-11,13H2/t14-/m0/s1. The Morgan fingerprint density at radius 2 is 2.19 bits per heavy atom. The summed E-state index contributed by atoms with van der Waals surface area (Å²) in [5, 5.41) is 18.9. The molecule has 1 amide bonds. The lowest BCUT2D eigenvalue weighted by Gasteiger charge is -2.26. The van der Waals surface area contributed by atoms with E-state index in [-0.39, 0.29) is 36.5 Å². The van der Waals surface area contributed by atoms with Crippen LogP contribution in [0.3, 0.4) is 0 Å². The Labute approximate surface area is 157 Å². The SMILES string of the molecule is O=Cc1c(O)cccc1OC[C@@H]1CCCN1C(=O)c1cccnc1CCO. The average molecular weight is 370 g/mol. The Morgan fingerprint density at radius 3 is 2.96 bits per heavy atom. The van der Waals surface area contributed by atoms with E-state index in [9.17, 15) is 19.8 Å². The molecule has 0 spiro atoms. The molecule has 3 rings (SSSR count). The molecule has 1 aliphatic heterocycles. The number of aliphatic hydroxyl groups is 1. The highest BCUT2D eigenvalue weighted by Crippen LogP contribution is 2.27. The second kappa shape index (κ2) is 8.64. The molecule has 2 N–H and O–H groups in total. The van der Waals surface area contributed by atoms with Gasteiger partial charge in [0.25, 0.3) is 5.91 Å². The van der Waals surface area contributed by atoms with Crippen molar-refractivity contribution in [1.29, 1.82) is 0 Å². The number of nitrogens with zero attached hydrogens (tertiary/aromatic N) is 2. The molecule has 0 bridgehead atoms. The largest absolute Gasteiger partial charge is 0.507 e. The zero-order chi connectivity index (χ0) is 19.2. The molecular formula is C20H22N2O5. The van der Waals surface area contributed by atoms with Crippen LogP contribution in [0.25, 0.3) is 0 Å². The summed E-state index contributed by atoms with van der Waals surface area (Å²) >= 11 is 0. The van der Waals surface area contributed by atoms with Gasteiger partial charge in [0.05, 0.1) is 22.9 Å². The predicted octanol–water partition coefficient (Wildman–Crippen LogP) is 1.82. The number of hydrogen-bond donors (Lipinski definition) is 2. The highest BCUT2D eigenvalue weighted by atomic mass is 16.5. The van der Waals surface area contributed by atoms with Crippen molar-refractivity contribution in [2.24, 2.45) is 0 Å². The van der Waals surface area contributed by atoms with Gasteiger partial charge in [-0.2, -0.15) is 0 Å². The number of rotatable bonds is 7. The number of phenolic OH excluding ortho intramolecular Hbond substituents is 1. The second-order valence-electron chi connectivity index (χ2n) is 6.38. The smallest absolute Gasteiger partial charge is 0.256 e. The first kappa shape index (κ1) is 18.8. The molecule has 0 radical (unpaired) electrons. The fraction of sp³-hybridized carbons (Fsp3) is 0.350. The van der Waals surface area contributed by atoms with E-state index in [1.165, 1.54) is 6.07 Å². The number of benzene rings is 1. The van der Waals surface area contributed by atoms with Crippen LogP contribution in [0, 0.1) is 0 Å². The molecule has 7 nitrogen and oxygen atoms in total. The number of carbonyl (C=O) groups is 2. The molecule has 0 unspecified atom stereocenters. The maximum atomic E-state index is 13.0. The van der Waals surface area contributed by atoms with Crippen LogP contribution in [0.2, 0.25) is 0 Å². The van der Waals surface area contributed by atoms with Crippen LogP contribution in [0.4, 0.5) is 0 Å². The van der Waals surface area contributed by atoms with Crippen LogP contribution in [0.5, 0.6) is 11.5 Å². The summed E-state index contributed by atoms with van der Waals surface area (Å²) < 4.78 is 5.75. The van der Waals surface area contributed by atoms with Gasteiger partial charge in [0, 0.05) is 25.8 Å². The van der Waals surface area contributed by atoms with Crippen molar-refractivity contribution < 1.29 is 24.5 Å². The van der Waals surface area contributed by atoms with Gasteiger partial charge in [-0.3, -0.25) is 14.6 Å². The number of likely N-dealkylation sites (tertiary alicyclic amines) is 1. The van der Waals surface area contributed by atoms with Crippen molar-refractivity contribution >= 4 is 12.2 Å². The van der Waals surface area contributed by atoms with E-state index in [0.717, 1.165) is 12.8 Å². The van der Waals surface area contributed by atoms with Crippen LogP contribution in [-0.4, -0.2) is 58.1 Å². The van der Waals surface area contributed by atoms with E-state index in [1.807, 2.05) is 0 Å². The minimum atomic E-state index is -0.137. The Balaban J connectivity index is 1.74. The van der Waals surface area contributed by atoms with E-state index in [1.54, 1.807) is 35.4 Å². The molecule has 142 valence electrons. The minimum absolute atomic E-state index is 0.0736. The molecule has 1 aromatic heterocycles. The molecule has 0 saturated carbocycles. The topological polar surface area (TPSA) is 100.0 Å². The first-order chi connectivity index (χ1) is 13.2. The highest BCUT2D eigenvalue weighted by molar-refractivity contribution is 5.95. The fourth-order valence-corrected chi connectivity index (χ4v) is 3.33. The zero-order valence-electron chi connectivity index (χ0n) is 14.9. The third-order valence-electron chi connectivity index (χ3n) is 4.70. The number of amides is 1. The van der Waals surface area contributed by atoms with E-state index < -0.39 is 0 Å². The van der Waals surface area contributed by atoms with Crippen LogP contribution >= 0.6 is 0 Å². The number of aldehydes is 1. The lowest BCUT2D eigenvalue weighted by atomic mass is 10.1. The lowest BCUT2D eigenvalue weighted by molar-refractivity contribution is 0.0688. The number of aromatic nitrogens is 1. The number of aromatic hydroxyl groups is 1. The van der Waals surface area contributed by atoms with Crippen LogP contribution in [0.15, 0.2) is 36.5 Å². The van der Waals surface area contributed by atoms with E-state index >= 15 is 0 Å². The van der Waals surface area contributed by atoms with Crippen molar-refractivity contribution in [3.05, 3.63) is 53.3 Å². The summed E-state index contributed by atoms with van der Waals surface area (Å²) in [6, 6.07) is 7.93. The molecule has 1 atom stereocenters. The zero-order valence-corrected chi connectivity index (χ0v) is 14.9. The number of hydrogen-bond acceptors (Lipinski definition) is 6. The first-order valence-corrected chi connectivity index (χ1v) is 8.91. The van der Waals surface area contributed by atoms with Crippen molar-refractivity contribution in [2.75, 3.05) is 19.8 Å². The number of carbonyl (C=O) groups excluding carboxylic acids is 2. The van der Waals surface area contributed by atoms with Crippen molar-refractivity contribution in [3.8, 4) is 11.5 Å². The fourth-order valence-electron chi connectivity index (χ4n) is 3.33. The number of aliphatic hydroxyl groups excluding tert-OH is 1. The van der Waals surface area contributed by atoms with Crippen molar-refractivity contribution in [3.63, 3.8) is 0 Å². The van der Waals surface area contributed by atoms with Gasteiger partial charge in [-0.1, -0.05) is 6.07 Å². The van der Waals surface area contributed by atoms with Crippen LogP contribution < -0.4 is 4.74 Å². The minimum Gasteiger partial charge on any atom is -0.507 e. The molecule has 27 heavy (non-hydrogen) atoms.